The van der Waals surface area contributed by atoms with Gasteiger partial charge in [-0.05, 0) is 26.2 Å². The van der Waals surface area contributed by atoms with Gasteiger partial charge >= 0.3 is 11.9 Å². The van der Waals surface area contributed by atoms with E-state index in [1.54, 1.807) is 0 Å². The maximum absolute atomic E-state index is 11.5. The zero-order chi connectivity index (χ0) is 15.0. The second-order valence-corrected chi connectivity index (χ2v) is 6.36. The molecule has 2 fully saturated rings. The first-order chi connectivity index (χ1) is 9.29. The van der Waals surface area contributed by atoms with Crippen molar-refractivity contribution in [2.75, 3.05) is 0 Å². The Bertz CT molecular complexity index is 386. The third-order valence-electron chi connectivity index (χ3n) is 4.63. The molecule has 0 amide bonds. The smallest absolute Gasteiger partial charge is 0.338 e. The summed E-state index contributed by atoms with van der Waals surface area (Å²) in [5.41, 5.74) is -3.36. The third-order valence-corrected chi connectivity index (χ3v) is 4.63. The molecule has 0 bridgehead atoms. The Morgan fingerprint density at radius 3 is 2.15 bits per heavy atom. The molecule has 0 spiro atoms. The number of hydrogen-bond donors (Lipinski definition) is 3. The highest BCUT2D eigenvalue weighted by molar-refractivity contribution is 6.05. The van der Waals surface area contributed by atoms with Crippen molar-refractivity contribution in [3.8, 4) is 0 Å². The first-order valence-corrected chi connectivity index (χ1v) is 7.22. The van der Waals surface area contributed by atoms with Crippen molar-refractivity contribution in [1.82, 2.24) is 5.32 Å². The quantitative estimate of drug-likeness (QED) is 0.679. The van der Waals surface area contributed by atoms with Gasteiger partial charge in [0.05, 0.1) is 0 Å². The van der Waals surface area contributed by atoms with Gasteiger partial charge in [0.1, 0.15) is 11.8 Å². The minimum atomic E-state index is -2.08. The molecular weight excluding hydrogens is 262 g/mol. The van der Waals surface area contributed by atoms with Gasteiger partial charge in [0.15, 0.2) is 0 Å². The standard InChI is InChI=1S/C14H23NO5/c1-13(2)14(11(16)17,12(18)19)15-10(20-13)8-9-6-4-3-5-7-9/h9-10,15H,3-8H2,1-2H3,(H,16,17)(H,18,19)/t10-/m0/s1. The maximum Gasteiger partial charge on any atom is 0.338 e. The highest BCUT2D eigenvalue weighted by atomic mass is 16.5. The molecule has 2 rings (SSSR count). The lowest BCUT2D eigenvalue weighted by Crippen LogP contribution is -2.65. The summed E-state index contributed by atoms with van der Waals surface area (Å²) < 4.78 is 5.72. The fraction of sp³-hybridized carbons (Fsp3) is 0.857. The Labute approximate surface area is 118 Å². The largest absolute Gasteiger partial charge is 0.479 e. The molecule has 1 saturated heterocycles. The van der Waals surface area contributed by atoms with Crippen LogP contribution < -0.4 is 5.32 Å². The van der Waals surface area contributed by atoms with Crippen molar-refractivity contribution in [3.63, 3.8) is 0 Å². The molecule has 1 saturated carbocycles. The first-order valence-electron chi connectivity index (χ1n) is 7.22. The van der Waals surface area contributed by atoms with Crippen LogP contribution in [0.15, 0.2) is 0 Å². The van der Waals surface area contributed by atoms with E-state index < -0.39 is 29.3 Å². The predicted molar refractivity (Wildman–Crippen MR) is 71.3 cm³/mol. The molecule has 0 aromatic carbocycles. The van der Waals surface area contributed by atoms with Crippen LogP contribution in [-0.2, 0) is 14.3 Å². The summed E-state index contributed by atoms with van der Waals surface area (Å²) in [7, 11) is 0. The van der Waals surface area contributed by atoms with Crippen molar-refractivity contribution in [2.24, 2.45) is 5.92 Å². The van der Waals surface area contributed by atoms with E-state index in [1.165, 1.54) is 33.1 Å². The Hall–Kier alpha value is -1.14. The highest BCUT2D eigenvalue weighted by Crippen LogP contribution is 2.38. The molecular formula is C14H23NO5. The minimum Gasteiger partial charge on any atom is -0.479 e. The van der Waals surface area contributed by atoms with Gasteiger partial charge in [-0.15, -0.1) is 0 Å². The third kappa shape index (κ3) is 2.42. The number of carboxylic acids is 2. The van der Waals surface area contributed by atoms with Crippen LogP contribution >= 0.6 is 0 Å². The molecule has 1 aliphatic carbocycles. The average molecular weight is 285 g/mol. The monoisotopic (exact) mass is 285 g/mol. The molecule has 2 aliphatic rings. The molecule has 1 atom stereocenters. The van der Waals surface area contributed by atoms with Gasteiger partial charge in [-0.3, -0.25) is 5.32 Å². The fourth-order valence-corrected chi connectivity index (χ4v) is 3.45. The molecule has 0 aromatic rings. The van der Waals surface area contributed by atoms with Gasteiger partial charge in [-0.25, -0.2) is 9.59 Å². The number of carbonyl (C=O) groups is 2. The van der Waals surface area contributed by atoms with Gasteiger partial charge in [-0.2, -0.15) is 0 Å². The molecule has 1 aliphatic heterocycles. The van der Waals surface area contributed by atoms with Crippen LogP contribution in [0.5, 0.6) is 0 Å². The highest BCUT2D eigenvalue weighted by Gasteiger charge is 2.65. The summed E-state index contributed by atoms with van der Waals surface area (Å²) in [6, 6.07) is 0. The molecule has 20 heavy (non-hydrogen) atoms. The molecule has 0 aromatic heterocycles. The van der Waals surface area contributed by atoms with Gasteiger partial charge < -0.3 is 14.9 Å². The van der Waals surface area contributed by atoms with E-state index in [2.05, 4.69) is 5.32 Å². The van der Waals surface area contributed by atoms with E-state index in [0.29, 0.717) is 12.3 Å². The molecule has 3 N–H and O–H groups in total. The van der Waals surface area contributed by atoms with Crippen LogP contribution in [0, 0.1) is 5.92 Å². The van der Waals surface area contributed by atoms with Gasteiger partial charge in [0, 0.05) is 0 Å². The SMILES string of the molecule is CC1(C)O[C@@H](CC2CCCCC2)NC1(C(=O)O)C(=O)O. The summed E-state index contributed by atoms with van der Waals surface area (Å²) >= 11 is 0. The minimum absolute atomic E-state index is 0.482. The zero-order valence-electron chi connectivity index (χ0n) is 12.0. The van der Waals surface area contributed by atoms with Gasteiger partial charge in [0.2, 0.25) is 5.54 Å². The van der Waals surface area contributed by atoms with E-state index in [0.717, 1.165) is 12.8 Å². The maximum atomic E-state index is 11.5. The van der Waals surface area contributed by atoms with Crippen LogP contribution in [-0.4, -0.2) is 39.5 Å². The van der Waals surface area contributed by atoms with Crippen LogP contribution in [0.2, 0.25) is 0 Å². The Balaban J connectivity index is 2.13. The Kier molecular flexibility index (Phi) is 4.07. The summed E-state index contributed by atoms with van der Waals surface area (Å²) in [4.78, 5) is 23.0. The lowest BCUT2D eigenvalue weighted by Gasteiger charge is -2.30. The van der Waals surface area contributed by atoms with Crippen LogP contribution in [0.3, 0.4) is 0 Å². The van der Waals surface area contributed by atoms with E-state index in [4.69, 9.17) is 4.74 Å². The Morgan fingerprint density at radius 2 is 1.70 bits per heavy atom. The number of hydrogen-bond acceptors (Lipinski definition) is 4. The molecule has 0 unspecified atom stereocenters. The number of aliphatic carboxylic acids is 2. The number of ether oxygens (including phenoxy) is 1. The van der Waals surface area contributed by atoms with Crippen molar-refractivity contribution in [1.29, 1.82) is 0 Å². The zero-order valence-corrected chi connectivity index (χ0v) is 12.0. The van der Waals surface area contributed by atoms with Gasteiger partial charge in [0.25, 0.3) is 0 Å². The predicted octanol–water partition coefficient (Wildman–Crippen LogP) is 1.59. The molecule has 114 valence electrons. The summed E-state index contributed by atoms with van der Waals surface area (Å²) in [6.07, 6.45) is 5.99. The first kappa shape index (κ1) is 15.3. The summed E-state index contributed by atoms with van der Waals surface area (Å²) in [5.74, 6) is -2.32. The molecule has 6 nitrogen and oxygen atoms in total. The number of nitrogens with one attached hydrogen (secondary N) is 1. The number of rotatable bonds is 4. The van der Waals surface area contributed by atoms with Crippen molar-refractivity contribution >= 4 is 11.9 Å². The average Bonchev–Trinajstić information content (AvgIpc) is 2.62. The number of carboxylic acid groups (broad SMARTS) is 2. The van der Waals surface area contributed by atoms with Crippen molar-refractivity contribution in [3.05, 3.63) is 0 Å². The van der Waals surface area contributed by atoms with E-state index in [1.807, 2.05) is 0 Å². The van der Waals surface area contributed by atoms with Crippen LogP contribution in [0.4, 0.5) is 0 Å². The normalized spacial score (nSPS) is 29.2. The fourth-order valence-electron chi connectivity index (χ4n) is 3.45. The van der Waals surface area contributed by atoms with Crippen LogP contribution in [0.1, 0.15) is 52.4 Å². The second-order valence-electron chi connectivity index (χ2n) is 6.36. The topological polar surface area (TPSA) is 95.9 Å². The van der Waals surface area contributed by atoms with Crippen molar-refractivity contribution in [2.45, 2.75) is 69.7 Å². The Morgan fingerprint density at radius 1 is 1.15 bits per heavy atom. The van der Waals surface area contributed by atoms with Crippen molar-refractivity contribution < 1.29 is 24.5 Å². The van der Waals surface area contributed by atoms with E-state index in [9.17, 15) is 19.8 Å². The lowest BCUT2D eigenvalue weighted by molar-refractivity contribution is -0.166. The second kappa shape index (κ2) is 5.33. The molecule has 6 heteroatoms. The lowest BCUT2D eigenvalue weighted by atomic mass is 9.83. The molecule has 1 heterocycles. The summed E-state index contributed by atoms with van der Waals surface area (Å²) in [6.45, 7) is 3.03. The van der Waals surface area contributed by atoms with E-state index >= 15 is 0 Å². The van der Waals surface area contributed by atoms with E-state index in [-0.39, 0.29) is 0 Å². The van der Waals surface area contributed by atoms with Gasteiger partial charge in [-0.1, -0.05) is 32.1 Å². The molecule has 0 radical (unpaired) electrons. The van der Waals surface area contributed by atoms with Crippen LogP contribution in [0.25, 0.3) is 0 Å². The summed E-state index contributed by atoms with van der Waals surface area (Å²) in [5, 5.41) is 21.5.